The molecule has 0 atom stereocenters. The number of aromatic nitrogens is 4. The summed E-state index contributed by atoms with van der Waals surface area (Å²) in [5, 5.41) is 10.9. The van der Waals surface area contributed by atoms with Crippen molar-refractivity contribution in [3.05, 3.63) is 231 Å². The molecule has 0 saturated carbocycles. The SMILES string of the molecule is c1ccc(-c2nc3ccccc3c3cc4c5ccccc5n(-c5cccc(-c6cc(-n7c8ccccc8c8ccccc87)cc(-n7c8ccccc8c8ccccc87)c6)c5)c4cc23)cc1. The first kappa shape index (κ1) is 35.8. The summed E-state index contributed by atoms with van der Waals surface area (Å²) < 4.78 is 7.33. The maximum atomic E-state index is 5.31. The van der Waals surface area contributed by atoms with Crippen LogP contribution in [-0.2, 0) is 0 Å². The molecule has 0 aliphatic carbocycles. The molecular weight excluding hydrogens is 789 g/mol. The first-order valence-electron chi connectivity index (χ1n) is 22.3. The van der Waals surface area contributed by atoms with E-state index in [-0.39, 0.29) is 0 Å². The van der Waals surface area contributed by atoms with Gasteiger partial charge >= 0.3 is 0 Å². The van der Waals surface area contributed by atoms with Crippen LogP contribution in [0, 0.1) is 0 Å². The lowest BCUT2D eigenvalue weighted by atomic mass is 9.98. The third-order valence-corrected chi connectivity index (χ3v) is 13.6. The Kier molecular flexibility index (Phi) is 7.65. The highest BCUT2D eigenvalue weighted by Gasteiger charge is 2.20. The molecule has 0 spiro atoms. The number of rotatable bonds is 5. The molecule has 0 aliphatic heterocycles. The van der Waals surface area contributed by atoms with Gasteiger partial charge in [0.2, 0.25) is 0 Å². The average Bonchev–Trinajstić information content (AvgIpc) is 4.01. The Morgan fingerprint density at radius 3 is 1.22 bits per heavy atom. The molecule has 10 aromatic carbocycles. The van der Waals surface area contributed by atoms with E-state index in [9.17, 15) is 0 Å². The van der Waals surface area contributed by atoms with Gasteiger partial charge in [0, 0.05) is 65.7 Å². The van der Waals surface area contributed by atoms with Crippen molar-refractivity contribution in [3.63, 3.8) is 0 Å². The number of hydrogen-bond acceptors (Lipinski definition) is 1. The Bertz CT molecular complexity index is 4000. The lowest BCUT2D eigenvalue weighted by Crippen LogP contribution is -2.00. The third-order valence-electron chi connectivity index (χ3n) is 13.6. The number of pyridine rings is 1. The summed E-state index contributed by atoms with van der Waals surface area (Å²) in [4.78, 5) is 5.31. The zero-order valence-electron chi connectivity index (χ0n) is 35.2. The van der Waals surface area contributed by atoms with Crippen molar-refractivity contribution < 1.29 is 0 Å². The number of benzene rings is 10. The highest BCUT2D eigenvalue weighted by molar-refractivity contribution is 6.20. The minimum atomic E-state index is 0.992. The highest BCUT2D eigenvalue weighted by atomic mass is 15.0. The van der Waals surface area contributed by atoms with Crippen LogP contribution in [-0.4, -0.2) is 18.7 Å². The van der Waals surface area contributed by atoms with Crippen LogP contribution in [0.2, 0.25) is 0 Å². The molecule has 4 heteroatoms. The van der Waals surface area contributed by atoms with Crippen LogP contribution in [0.25, 0.3) is 127 Å². The van der Waals surface area contributed by atoms with E-state index < -0.39 is 0 Å². The summed E-state index contributed by atoms with van der Waals surface area (Å²) in [6.45, 7) is 0. The second-order valence-electron chi connectivity index (χ2n) is 17.1. The minimum Gasteiger partial charge on any atom is -0.309 e. The second-order valence-corrected chi connectivity index (χ2v) is 17.1. The molecule has 0 bridgehead atoms. The van der Waals surface area contributed by atoms with Gasteiger partial charge in [-0.25, -0.2) is 4.98 Å². The van der Waals surface area contributed by atoms with Crippen LogP contribution in [0.1, 0.15) is 0 Å². The molecule has 0 N–H and O–H groups in total. The fourth-order valence-electron chi connectivity index (χ4n) is 10.8. The van der Waals surface area contributed by atoms with Gasteiger partial charge in [-0.2, -0.15) is 0 Å². The van der Waals surface area contributed by atoms with Crippen LogP contribution in [0.3, 0.4) is 0 Å². The van der Waals surface area contributed by atoms with E-state index in [0.717, 1.165) is 61.3 Å². The summed E-state index contributed by atoms with van der Waals surface area (Å²) >= 11 is 0. The van der Waals surface area contributed by atoms with Crippen LogP contribution in [0.4, 0.5) is 0 Å². The van der Waals surface area contributed by atoms with Crippen molar-refractivity contribution in [2.75, 3.05) is 0 Å². The van der Waals surface area contributed by atoms with E-state index in [1.54, 1.807) is 0 Å². The van der Waals surface area contributed by atoms with E-state index in [0.29, 0.717) is 0 Å². The Morgan fingerprint density at radius 2 is 0.662 bits per heavy atom. The van der Waals surface area contributed by atoms with Gasteiger partial charge < -0.3 is 13.7 Å². The standard InChI is InChI=1S/C61H38N4/c1-2-17-39(18-3-1)61-53-38-60-52(37-51(53)45-21-4-10-27-54(45)62-61)50-26-9-15-32-59(50)63(60)42-20-16-19-40(33-42)41-34-43(64-55-28-11-5-22-46(55)47-23-6-12-29-56(47)64)36-44(35-41)65-57-30-13-7-24-48(57)49-25-8-14-31-58(49)65/h1-38H. The van der Waals surface area contributed by atoms with E-state index in [1.165, 1.54) is 65.3 Å². The quantitative estimate of drug-likeness (QED) is 0.159. The van der Waals surface area contributed by atoms with Gasteiger partial charge in [0.15, 0.2) is 0 Å². The molecule has 0 amide bonds. The topological polar surface area (TPSA) is 27.7 Å². The Labute approximate surface area is 374 Å². The molecule has 0 unspecified atom stereocenters. The van der Waals surface area contributed by atoms with Gasteiger partial charge in [-0.1, -0.05) is 152 Å². The third kappa shape index (κ3) is 5.35. The zero-order valence-corrected chi connectivity index (χ0v) is 35.2. The van der Waals surface area contributed by atoms with Crippen LogP contribution >= 0.6 is 0 Å². The lowest BCUT2D eigenvalue weighted by Gasteiger charge is -2.17. The Morgan fingerprint density at radius 1 is 0.231 bits per heavy atom. The largest absolute Gasteiger partial charge is 0.309 e. The van der Waals surface area contributed by atoms with Gasteiger partial charge in [0.25, 0.3) is 0 Å². The van der Waals surface area contributed by atoms with Crippen molar-refractivity contribution in [1.82, 2.24) is 18.7 Å². The first-order valence-corrected chi connectivity index (χ1v) is 22.3. The summed E-state index contributed by atoms with van der Waals surface area (Å²) in [6, 6.07) is 84.1. The van der Waals surface area contributed by atoms with Gasteiger partial charge in [0.05, 0.1) is 44.3 Å². The molecule has 14 rings (SSSR count). The molecule has 4 heterocycles. The molecule has 302 valence electrons. The normalized spacial score (nSPS) is 12.0. The monoisotopic (exact) mass is 826 g/mol. The average molecular weight is 827 g/mol. The highest BCUT2D eigenvalue weighted by Crippen LogP contribution is 2.42. The van der Waals surface area contributed by atoms with Gasteiger partial charge in [0.1, 0.15) is 0 Å². The van der Waals surface area contributed by atoms with Crippen molar-refractivity contribution >= 4 is 87.1 Å². The first-order chi connectivity index (χ1) is 32.2. The van der Waals surface area contributed by atoms with E-state index in [2.05, 4.69) is 244 Å². The number of hydrogen-bond donors (Lipinski definition) is 0. The molecule has 0 radical (unpaired) electrons. The fraction of sp³-hybridized carbons (Fsp3) is 0. The van der Waals surface area contributed by atoms with Crippen molar-refractivity contribution in [2.24, 2.45) is 0 Å². The molecule has 0 saturated heterocycles. The molecule has 0 aliphatic rings. The Balaban J connectivity index is 1.04. The lowest BCUT2D eigenvalue weighted by molar-refractivity contribution is 1.13. The van der Waals surface area contributed by atoms with Crippen molar-refractivity contribution in [3.8, 4) is 39.4 Å². The second kappa shape index (κ2) is 13.9. The predicted molar refractivity (Wildman–Crippen MR) is 273 cm³/mol. The Hall–Kier alpha value is -8.73. The minimum absolute atomic E-state index is 0.992. The molecule has 4 nitrogen and oxygen atoms in total. The summed E-state index contributed by atoms with van der Waals surface area (Å²) in [5.74, 6) is 0. The molecule has 14 aromatic rings. The molecular formula is C61H38N4. The fourth-order valence-corrected chi connectivity index (χ4v) is 10.8. The van der Waals surface area contributed by atoms with E-state index in [4.69, 9.17) is 4.98 Å². The van der Waals surface area contributed by atoms with Gasteiger partial charge in [-0.3, -0.25) is 0 Å². The zero-order chi connectivity index (χ0) is 42.6. The molecule has 4 aromatic heterocycles. The van der Waals surface area contributed by atoms with Crippen LogP contribution < -0.4 is 0 Å². The smallest absolute Gasteiger partial charge is 0.0788 e. The van der Waals surface area contributed by atoms with Crippen molar-refractivity contribution in [1.29, 1.82) is 0 Å². The van der Waals surface area contributed by atoms with E-state index >= 15 is 0 Å². The van der Waals surface area contributed by atoms with Gasteiger partial charge in [-0.05, 0) is 95.4 Å². The number of nitrogens with zero attached hydrogens (tertiary/aromatic N) is 4. The molecule has 0 fully saturated rings. The number of para-hydroxylation sites is 6. The van der Waals surface area contributed by atoms with Gasteiger partial charge in [-0.15, -0.1) is 0 Å². The maximum Gasteiger partial charge on any atom is 0.0788 e. The number of fused-ring (bicyclic) bond motifs is 12. The summed E-state index contributed by atoms with van der Waals surface area (Å²) in [6.07, 6.45) is 0. The predicted octanol–water partition coefficient (Wildman–Crippen LogP) is 16.0. The van der Waals surface area contributed by atoms with E-state index in [1.807, 2.05) is 0 Å². The van der Waals surface area contributed by atoms with Crippen LogP contribution in [0.15, 0.2) is 231 Å². The molecule has 65 heavy (non-hydrogen) atoms. The summed E-state index contributed by atoms with van der Waals surface area (Å²) in [5.41, 5.74) is 15.7. The summed E-state index contributed by atoms with van der Waals surface area (Å²) in [7, 11) is 0. The van der Waals surface area contributed by atoms with Crippen LogP contribution in [0.5, 0.6) is 0 Å². The maximum absolute atomic E-state index is 5.31. The van der Waals surface area contributed by atoms with Crippen molar-refractivity contribution in [2.45, 2.75) is 0 Å².